The number of nitrogens with zero attached hydrogens (tertiary/aromatic N) is 1. The normalized spacial score (nSPS) is 10.4. The van der Waals surface area contributed by atoms with Gasteiger partial charge in [-0.15, -0.1) is 0 Å². The van der Waals surface area contributed by atoms with E-state index in [1.54, 1.807) is 30.3 Å². The molecule has 9 heteroatoms. The second-order valence-corrected chi connectivity index (χ2v) is 5.87. The lowest BCUT2D eigenvalue weighted by Crippen LogP contribution is -2.34. The van der Waals surface area contributed by atoms with Gasteiger partial charge in [0, 0.05) is 16.1 Å². The molecule has 0 fully saturated rings. The van der Waals surface area contributed by atoms with Crippen molar-refractivity contribution < 1.29 is 23.8 Å². The smallest absolute Gasteiger partial charge is 0.259 e. The maximum absolute atomic E-state index is 12.2. The monoisotopic (exact) mass is 405 g/mol. The number of benzene rings is 2. The highest BCUT2D eigenvalue weighted by molar-refractivity contribution is 6.30. The number of hydrogen-bond acceptors (Lipinski definition) is 6. The third-order valence-electron chi connectivity index (χ3n) is 3.64. The number of methoxy groups -OCH3 is 3. The fourth-order valence-corrected chi connectivity index (χ4v) is 2.44. The molecular weight excluding hydrogens is 386 g/mol. The van der Waals surface area contributed by atoms with Crippen molar-refractivity contribution in [3.8, 4) is 17.2 Å². The Hall–Kier alpha value is -3.26. The van der Waals surface area contributed by atoms with E-state index in [2.05, 4.69) is 15.8 Å². The van der Waals surface area contributed by atoms with Gasteiger partial charge in [-0.3, -0.25) is 9.59 Å². The molecule has 2 N–H and O–H groups in total. The fourth-order valence-electron chi connectivity index (χ4n) is 2.26. The SMILES string of the molecule is COc1ccc(Cl)cc1/C=N/NC(=O)CNC(=O)c1ccc(OC)c(OC)c1. The van der Waals surface area contributed by atoms with Gasteiger partial charge in [0.25, 0.3) is 11.8 Å². The third-order valence-corrected chi connectivity index (χ3v) is 3.87. The van der Waals surface area contributed by atoms with Gasteiger partial charge in [0.1, 0.15) is 5.75 Å². The summed E-state index contributed by atoms with van der Waals surface area (Å²) in [4.78, 5) is 24.0. The Morgan fingerprint density at radius 1 is 1.00 bits per heavy atom. The Labute approximate surface area is 167 Å². The molecule has 2 rings (SSSR count). The van der Waals surface area contributed by atoms with Gasteiger partial charge in [-0.25, -0.2) is 5.43 Å². The Morgan fingerprint density at radius 2 is 1.68 bits per heavy atom. The number of ether oxygens (including phenoxy) is 3. The van der Waals surface area contributed by atoms with Gasteiger partial charge >= 0.3 is 0 Å². The molecule has 0 bridgehead atoms. The molecule has 8 nitrogen and oxygen atoms in total. The number of amides is 2. The average molecular weight is 406 g/mol. The molecule has 0 unspecified atom stereocenters. The van der Waals surface area contributed by atoms with Crippen LogP contribution in [0.1, 0.15) is 15.9 Å². The van der Waals surface area contributed by atoms with Crippen LogP contribution in [0.5, 0.6) is 17.2 Å². The lowest BCUT2D eigenvalue weighted by Gasteiger charge is -2.09. The number of rotatable bonds is 8. The van der Waals surface area contributed by atoms with Gasteiger partial charge in [-0.05, 0) is 36.4 Å². The highest BCUT2D eigenvalue weighted by Gasteiger charge is 2.11. The van der Waals surface area contributed by atoms with Crippen LogP contribution in [0.4, 0.5) is 0 Å². The zero-order valence-electron chi connectivity index (χ0n) is 15.6. The first-order chi connectivity index (χ1) is 13.5. The van der Waals surface area contributed by atoms with Crippen molar-refractivity contribution in [2.75, 3.05) is 27.9 Å². The zero-order chi connectivity index (χ0) is 20.5. The summed E-state index contributed by atoms with van der Waals surface area (Å²) >= 11 is 5.93. The number of hydrazone groups is 1. The van der Waals surface area contributed by atoms with E-state index in [1.165, 1.54) is 33.6 Å². The predicted octanol–water partition coefficient (Wildman–Crippen LogP) is 2.25. The van der Waals surface area contributed by atoms with Gasteiger partial charge in [0.05, 0.1) is 34.1 Å². The van der Waals surface area contributed by atoms with E-state index in [-0.39, 0.29) is 6.54 Å². The molecule has 28 heavy (non-hydrogen) atoms. The summed E-state index contributed by atoms with van der Waals surface area (Å²) < 4.78 is 15.5. The molecule has 0 aliphatic rings. The van der Waals surface area contributed by atoms with Crippen LogP contribution in [0.3, 0.4) is 0 Å². The molecule has 0 aromatic heterocycles. The van der Waals surface area contributed by atoms with Crippen LogP contribution < -0.4 is 25.0 Å². The van der Waals surface area contributed by atoms with Crippen LogP contribution in [0.25, 0.3) is 0 Å². The minimum Gasteiger partial charge on any atom is -0.496 e. The second kappa shape index (κ2) is 10.2. The van der Waals surface area contributed by atoms with Crippen molar-refractivity contribution in [3.63, 3.8) is 0 Å². The van der Waals surface area contributed by atoms with E-state index in [9.17, 15) is 9.59 Å². The van der Waals surface area contributed by atoms with Crippen molar-refractivity contribution in [2.45, 2.75) is 0 Å². The summed E-state index contributed by atoms with van der Waals surface area (Å²) in [5, 5.41) is 6.85. The number of halogens is 1. The molecule has 0 saturated carbocycles. The first kappa shape index (κ1) is 21.0. The highest BCUT2D eigenvalue weighted by Crippen LogP contribution is 2.27. The summed E-state index contributed by atoms with van der Waals surface area (Å²) in [7, 11) is 4.49. The molecule has 0 heterocycles. The molecular formula is C19H20ClN3O5. The highest BCUT2D eigenvalue weighted by atomic mass is 35.5. The van der Waals surface area contributed by atoms with Crippen molar-refractivity contribution in [1.82, 2.24) is 10.7 Å². The van der Waals surface area contributed by atoms with E-state index in [0.717, 1.165) is 0 Å². The van der Waals surface area contributed by atoms with Crippen LogP contribution in [0.2, 0.25) is 5.02 Å². The maximum Gasteiger partial charge on any atom is 0.259 e. The fraction of sp³-hybridized carbons (Fsp3) is 0.211. The Kier molecular flexibility index (Phi) is 7.65. The minimum atomic E-state index is -0.494. The van der Waals surface area contributed by atoms with Crippen molar-refractivity contribution in [1.29, 1.82) is 0 Å². The van der Waals surface area contributed by atoms with Crippen molar-refractivity contribution in [3.05, 3.63) is 52.5 Å². The summed E-state index contributed by atoms with van der Waals surface area (Å²) in [6.45, 7) is -0.253. The van der Waals surface area contributed by atoms with E-state index < -0.39 is 11.8 Å². The van der Waals surface area contributed by atoms with E-state index >= 15 is 0 Å². The van der Waals surface area contributed by atoms with Gasteiger partial charge in [0.15, 0.2) is 11.5 Å². The number of carbonyl (C=O) groups excluding carboxylic acids is 2. The number of carbonyl (C=O) groups is 2. The lowest BCUT2D eigenvalue weighted by molar-refractivity contribution is -0.120. The largest absolute Gasteiger partial charge is 0.496 e. The van der Waals surface area contributed by atoms with Crippen LogP contribution in [0.15, 0.2) is 41.5 Å². The minimum absolute atomic E-state index is 0.253. The van der Waals surface area contributed by atoms with Gasteiger partial charge in [-0.1, -0.05) is 11.6 Å². The van der Waals surface area contributed by atoms with Gasteiger partial charge in [0.2, 0.25) is 0 Å². The summed E-state index contributed by atoms with van der Waals surface area (Å²) in [6, 6.07) is 9.72. The molecule has 0 spiro atoms. The van der Waals surface area contributed by atoms with Crippen molar-refractivity contribution in [2.24, 2.45) is 5.10 Å². The lowest BCUT2D eigenvalue weighted by atomic mass is 10.2. The van der Waals surface area contributed by atoms with Crippen molar-refractivity contribution >= 4 is 29.6 Å². The molecule has 0 aliphatic carbocycles. The second-order valence-electron chi connectivity index (χ2n) is 5.43. The van der Waals surface area contributed by atoms with Gasteiger partial charge in [-0.2, -0.15) is 5.10 Å². The van der Waals surface area contributed by atoms with E-state index in [4.69, 9.17) is 25.8 Å². The topological polar surface area (TPSA) is 98.2 Å². The standard InChI is InChI=1S/C19H20ClN3O5/c1-26-15-7-5-14(20)8-13(15)10-22-23-18(24)11-21-19(25)12-4-6-16(27-2)17(9-12)28-3/h4-10H,11H2,1-3H3,(H,21,25)(H,23,24)/b22-10+. The zero-order valence-corrected chi connectivity index (χ0v) is 16.4. The summed E-state index contributed by atoms with van der Waals surface area (Å²) in [5.41, 5.74) is 3.25. The van der Waals surface area contributed by atoms with Gasteiger partial charge < -0.3 is 19.5 Å². The quantitative estimate of drug-likeness (QED) is 0.518. The molecule has 2 amide bonds. The Balaban J connectivity index is 1.90. The van der Waals surface area contributed by atoms with E-state index in [0.29, 0.717) is 33.4 Å². The first-order valence-corrected chi connectivity index (χ1v) is 8.52. The molecule has 2 aromatic carbocycles. The predicted molar refractivity (Wildman–Crippen MR) is 106 cm³/mol. The summed E-state index contributed by atoms with van der Waals surface area (Å²) in [5.74, 6) is 0.550. The molecule has 0 atom stereocenters. The average Bonchev–Trinajstić information content (AvgIpc) is 2.71. The van der Waals surface area contributed by atoms with Crippen LogP contribution in [-0.4, -0.2) is 45.9 Å². The molecule has 2 aromatic rings. The molecule has 0 radical (unpaired) electrons. The van der Waals surface area contributed by atoms with Crippen LogP contribution in [-0.2, 0) is 4.79 Å². The Bertz CT molecular complexity index is 886. The molecule has 0 saturated heterocycles. The number of nitrogens with one attached hydrogen (secondary N) is 2. The Morgan fingerprint density at radius 3 is 2.36 bits per heavy atom. The summed E-state index contributed by atoms with van der Waals surface area (Å²) in [6.07, 6.45) is 1.40. The number of hydrogen-bond donors (Lipinski definition) is 2. The van der Waals surface area contributed by atoms with Crippen LogP contribution >= 0.6 is 11.6 Å². The maximum atomic E-state index is 12.2. The first-order valence-electron chi connectivity index (χ1n) is 8.14. The third kappa shape index (κ3) is 5.62. The van der Waals surface area contributed by atoms with Crippen LogP contribution in [0, 0.1) is 0 Å². The molecule has 148 valence electrons. The molecule has 0 aliphatic heterocycles. The van der Waals surface area contributed by atoms with E-state index in [1.807, 2.05) is 0 Å².